The minimum Gasteiger partial charge on any atom is -0.258 e. The van der Waals surface area contributed by atoms with Gasteiger partial charge in [-0.3, -0.25) is 10.1 Å². The Hall–Kier alpha value is -2.49. The molecule has 18 heavy (non-hydrogen) atoms. The number of hydrogen-bond donors (Lipinski definition) is 0. The maximum atomic E-state index is 13.8. The molecule has 0 fully saturated rings. The first-order valence-electron chi connectivity index (χ1n) is 5.34. The van der Waals surface area contributed by atoms with Crippen molar-refractivity contribution in [3.8, 4) is 0 Å². The number of hydrogen-bond acceptors (Lipinski definition) is 2. The highest BCUT2D eigenvalue weighted by molar-refractivity contribution is 5.77. The molecule has 0 saturated heterocycles. The maximum Gasteiger partial charge on any atom is 0.270 e. The van der Waals surface area contributed by atoms with E-state index in [1.54, 1.807) is 36.4 Å². The van der Waals surface area contributed by atoms with Crippen LogP contribution in [-0.4, -0.2) is 4.92 Å². The van der Waals surface area contributed by atoms with Crippen molar-refractivity contribution in [2.24, 2.45) is 0 Å². The van der Waals surface area contributed by atoms with E-state index in [-0.39, 0.29) is 5.69 Å². The van der Waals surface area contributed by atoms with Gasteiger partial charge in [0.15, 0.2) is 0 Å². The maximum absolute atomic E-state index is 13.8. The number of nitrogens with zero attached hydrogens (tertiary/aromatic N) is 1. The van der Waals surface area contributed by atoms with Crippen molar-refractivity contribution in [3.05, 3.63) is 75.8 Å². The first-order chi connectivity index (χ1) is 8.66. The SMILES string of the molecule is O=[N+]([O-])c1cccc(/C=C(\F)c2ccccc2)c1. The summed E-state index contributed by atoms with van der Waals surface area (Å²) in [5.41, 5.74) is 0.860. The zero-order valence-corrected chi connectivity index (χ0v) is 9.42. The quantitative estimate of drug-likeness (QED) is 0.463. The van der Waals surface area contributed by atoms with E-state index in [1.165, 1.54) is 24.3 Å². The zero-order chi connectivity index (χ0) is 13.0. The van der Waals surface area contributed by atoms with E-state index in [9.17, 15) is 14.5 Å². The van der Waals surface area contributed by atoms with Crippen LogP contribution in [0.25, 0.3) is 11.9 Å². The van der Waals surface area contributed by atoms with Gasteiger partial charge in [-0.1, -0.05) is 42.5 Å². The second-order valence-corrected chi connectivity index (χ2v) is 3.71. The summed E-state index contributed by atoms with van der Waals surface area (Å²) in [5.74, 6) is -0.420. The normalized spacial score (nSPS) is 11.3. The number of nitro groups is 1. The molecule has 0 radical (unpaired) electrons. The van der Waals surface area contributed by atoms with E-state index in [2.05, 4.69) is 0 Å². The first-order valence-corrected chi connectivity index (χ1v) is 5.34. The van der Waals surface area contributed by atoms with Gasteiger partial charge in [0.1, 0.15) is 5.83 Å². The Morgan fingerprint density at radius 2 is 1.83 bits per heavy atom. The highest BCUT2D eigenvalue weighted by Crippen LogP contribution is 2.21. The third-order valence-corrected chi connectivity index (χ3v) is 2.42. The molecule has 2 aromatic rings. The summed E-state index contributed by atoms with van der Waals surface area (Å²) in [6, 6.07) is 14.4. The number of halogens is 1. The summed E-state index contributed by atoms with van der Waals surface area (Å²) in [5, 5.41) is 10.6. The van der Waals surface area contributed by atoms with Gasteiger partial charge in [0.2, 0.25) is 0 Å². The average molecular weight is 243 g/mol. The number of rotatable bonds is 3. The third-order valence-electron chi connectivity index (χ3n) is 2.42. The van der Waals surface area contributed by atoms with Gasteiger partial charge in [-0.2, -0.15) is 0 Å². The fraction of sp³-hybridized carbons (Fsp3) is 0. The Kier molecular flexibility index (Phi) is 3.48. The molecule has 90 valence electrons. The molecular formula is C14H10FNO2. The smallest absolute Gasteiger partial charge is 0.258 e. The van der Waals surface area contributed by atoms with Gasteiger partial charge in [0, 0.05) is 17.7 Å². The van der Waals surface area contributed by atoms with Crippen molar-refractivity contribution in [3.63, 3.8) is 0 Å². The summed E-state index contributed by atoms with van der Waals surface area (Å²) >= 11 is 0. The van der Waals surface area contributed by atoms with Crippen LogP contribution in [0.15, 0.2) is 54.6 Å². The summed E-state index contributed by atoms with van der Waals surface area (Å²) < 4.78 is 13.8. The van der Waals surface area contributed by atoms with Gasteiger partial charge in [-0.05, 0) is 11.6 Å². The average Bonchev–Trinajstić information content (AvgIpc) is 2.40. The summed E-state index contributed by atoms with van der Waals surface area (Å²) in [6.07, 6.45) is 1.28. The Morgan fingerprint density at radius 1 is 1.11 bits per heavy atom. The molecule has 0 unspecified atom stereocenters. The van der Waals surface area contributed by atoms with Crippen molar-refractivity contribution in [1.29, 1.82) is 0 Å². The molecule has 0 amide bonds. The second-order valence-electron chi connectivity index (χ2n) is 3.71. The van der Waals surface area contributed by atoms with Crippen LogP contribution in [0.2, 0.25) is 0 Å². The standard InChI is InChI=1S/C14H10FNO2/c15-14(12-6-2-1-3-7-12)10-11-5-4-8-13(9-11)16(17)18/h1-10H/b14-10-. The van der Waals surface area contributed by atoms with Crippen molar-refractivity contribution >= 4 is 17.6 Å². The Labute approximate surface area is 103 Å². The van der Waals surface area contributed by atoms with Crippen LogP contribution in [0.1, 0.15) is 11.1 Å². The van der Waals surface area contributed by atoms with Crippen molar-refractivity contribution in [2.75, 3.05) is 0 Å². The highest BCUT2D eigenvalue weighted by atomic mass is 19.1. The van der Waals surface area contributed by atoms with Crippen molar-refractivity contribution in [1.82, 2.24) is 0 Å². The van der Waals surface area contributed by atoms with Crippen LogP contribution in [0.3, 0.4) is 0 Å². The van der Waals surface area contributed by atoms with Crippen molar-refractivity contribution < 1.29 is 9.31 Å². The summed E-state index contributed by atoms with van der Waals surface area (Å²) in [6.45, 7) is 0. The number of non-ortho nitro benzene ring substituents is 1. The topological polar surface area (TPSA) is 43.1 Å². The van der Waals surface area contributed by atoms with Crippen LogP contribution in [0, 0.1) is 10.1 Å². The first kappa shape index (κ1) is 12.0. The Bertz CT molecular complexity index is 594. The highest BCUT2D eigenvalue weighted by Gasteiger charge is 2.05. The van der Waals surface area contributed by atoms with E-state index in [4.69, 9.17) is 0 Å². The van der Waals surface area contributed by atoms with E-state index in [0.29, 0.717) is 11.1 Å². The largest absolute Gasteiger partial charge is 0.270 e. The van der Waals surface area contributed by atoms with E-state index >= 15 is 0 Å². The van der Waals surface area contributed by atoms with Crippen LogP contribution in [-0.2, 0) is 0 Å². The monoisotopic (exact) mass is 243 g/mol. The van der Waals surface area contributed by atoms with Crippen LogP contribution in [0.4, 0.5) is 10.1 Å². The van der Waals surface area contributed by atoms with E-state index in [0.717, 1.165) is 0 Å². The second kappa shape index (κ2) is 5.23. The fourth-order valence-electron chi connectivity index (χ4n) is 1.56. The van der Waals surface area contributed by atoms with Gasteiger partial charge in [0.25, 0.3) is 5.69 Å². The minimum atomic E-state index is -0.502. The molecule has 0 aliphatic heterocycles. The zero-order valence-electron chi connectivity index (χ0n) is 9.42. The minimum absolute atomic E-state index is 0.0513. The summed E-state index contributed by atoms with van der Waals surface area (Å²) in [7, 11) is 0. The molecular weight excluding hydrogens is 233 g/mol. The van der Waals surface area contributed by atoms with E-state index < -0.39 is 10.8 Å². The Morgan fingerprint density at radius 3 is 2.50 bits per heavy atom. The lowest BCUT2D eigenvalue weighted by Crippen LogP contribution is -1.87. The van der Waals surface area contributed by atoms with Crippen LogP contribution < -0.4 is 0 Å². The predicted octanol–water partition coefficient (Wildman–Crippen LogP) is 4.06. The molecule has 0 heterocycles. The molecule has 0 N–H and O–H groups in total. The lowest BCUT2D eigenvalue weighted by atomic mass is 10.1. The molecule has 2 rings (SSSR count). The molecule has 2 aromatic carbocycles. The fourth-order valence-corrected chi connectivity index (χ4v) is 1.56. The molecule has 0 bridgehead atoms. The molecule has 0 aromatic heterocycles. The third kappa shape index (κ3) is 2.79. The van der Waals surface area contributed by atoms with Gasteiger partial charge in [-0.15, -0.1) is 0 Å². The molecule has 4 heteroatoms. The molecule has 0 aliphatic rings. The van der Waals surface area contributed by atoms with E-state index in [1.807, 2.05) is 0 Å². The predicted molar refractivity (Wildman–Crippen MR) is 68.5 cm³/mol. The van der Waals surface area contributed by atoms with Gasteiger partial charge < -0.3 is 0 Å². The van der Waals surface area contributed by atoms with Gasteiger partial charge in [-0.25, -0.2) is 4.39 Å². The molecule has 0 aliphatic carbocycles. The summed E-state index contributed by atoms with van der Waals surface area (Å²) in [4.78, 5) is 10.1. The van der Waals surface area contributed by atoms with Crippen molar-refractivity contribution in [2.45, 2.75) is 0 Å². The van der Waals surface area contributed by atoms with Gasteiger partial charge >= 0.3 is 0 Å². The van der Waals surface area contributed by atoms with Crippen LogP contribution >= 0.6 is 0 Å². The lowest BCUT2D eigenvalue weighted by Gasteiger charge is -1.98. The molecule has 0 saturated carbocycles. The van der Waals surface area contributed by atoms with Gasteiger partial charge in [0.05, 0.1) is 4.92 Å². The number of benzene rings is 2. The molecule has 3 nitrogen and oxygen atoms in total. The molecule has 0 atom stereocenters. The Balaban J connectivity index is 2.33. The lowest BCUT2D eigenvalue weighted by molar-refractivity contribution is -0.384. The van der Waals surface area contributed by atoms with Crippen LogP contribution in [0.5, 0.6) is 0 Å². The number of nitro benzene ring substituents is 1. The molecule has 0 spiro atoms.